The second-order valence-corrected chi connectivity index (χ2v) is 12.3. The van der Waals surface area contributed by atoms with Gasteiger partial charge >= 0.3 is 0 Å². The fourth-order valence-corrected chi connectivity index (χ4v) is 5.89. The van der Waals surface area contributed by atoms with Crippen molar-refractivity contribution in [3.63, 3.8) is 0 Å². The van der Waals surface area contributed by atoms with Gasteiger partial charge in [0, 0.05) is 67.8 Å². The molecule has 0 bridgehead atoms. The fourth-order valence-electron chi connectivity index (χ4n) is 5.89. The molecule has 4 atom stereocenters. The van der Waals surface area contributed by atoms with E-state index in [0.717, 1.165) is 22.0 Å². The number of aliphatic imine (C=N–C) groups is 1. The van der Waals surface area contributed by atoms with Gasteiger partial charge in [-0.15, -0.1) is 0 Å². The summed E-state index contributed by atoms with van der Waals surface area (Å²) in [6.45, 7) is 0.138. The van der Waals surface area contributed by atoms with Crippen LogP contribution < -0.4 is 38.1 Å². The molecule has 16 heteroatoms. The van der Waals surface area contributed by atoms with Gasteiger partial charge in [0.1, 0.15) is 24.2 Å². The van der Waals surface area contributed by atoms with Crippen molar-refractivity contribution in [3.05, 3.63) is 90.1 Å². The zero-order valence-electron chi connectivity index (χ0n) is 28.0. The number of H-pyrrole nitrogens is 2. The molecule has 4 aromatic rings. The van der Waals surface area contributed by atoms with Crippen molar-refractivity contribution in [3.8, 4) is 0 Å². The molecule has 1 aliphatic heterocycles. The van der Waals surface area contributed by atoms with Crippen LogP contribution in [0.15, 0.2) is 78.3 Å². The first kappa shape index (κ1) is 36.1. The van der Waals surface area contributed by atoms with E-state index < -0.39 is 53.7 Å². The van der Waals surface area contributed by atoms with Crippen LogP contribution in [0.4, 0.5) is 0 Å². The molecule has 16 nitrogen and oxygen atoms in total. The Labute approximate surface area is 294 Å². The van der Waals surface area contributed by atoms with Crippen LogP contribution in [-0.4, -0.2) is 87.7 Å². The van der Waals surface area contributed by atoms with Gasteiger partial charge in [-0.3, -0.25) is 29.0 Å². The molecule has 0 radical (unpaired) electrons. The largest absolute Gasteiger partial charge is 0.370 e. The first-order valence-corrected chi connectivity index (χ1v) is 16.8. The lowest BCUT2D eigenvalue weighted by atomic mass is 10.0. The highest BCUT2D eigenvalue weighted by atomic mass is 16.2. The summed E-state index contributed by atoms with van der Waals surface area (Å²) in [6.07, 6.45) is 5.35. The van der Waals surface area contributed by atoms with Gasteiger partial charge in [-0.2, -0.15) is 0 Å². The van der Waals surface area contributed by atoms with Gasteiger partial charge in [-0.25, -0.2) is 4.98 Å². The zero-order chi connectivity index (χ0) is 36.2. The van der Waals surface area contributed by atoms with E-state index in [1.807, 2.05) is 54.6 Å². The number of hydrogen-bond donors (Lipinski definition) is 9. The monoisotopic (exact) mass is 697 g/mol. The summed E-state index contributed by atoms with van der Waals surface area (Å²) in [5, 5.41) is 14.8. The number of benzene rings is 2. The van der Waals surface area contributed by atoms with Crippen LogP contribution in [0.5, 0.6) is 0 Å². The number of aromatic nitrogens is 3. The van der Waals surface area contributed by atoms with E-state index in [2.05, 4.69) is 46.5 Å². The Balaban J connectivity index is 1.46. The Bertz CT molecular complexity index is 1840. The molecular weight excluding hydrogens is 654 g/mol. The number of nitrogens with two attached hydrogens (primary N) is 2. The summed E-state index contributed by atoms with van der Waals surface area (Å²) in [4.78, 5) is 82.6. The molecule has 51 heavy (non-hydrogen) atoms. The molecule has 4 unspecified atom stereocenters. The first-order valence-electron chi connectivity index (χ1n) is 16.8. The molecule has 5 amide bonds. The van der Waals surface area contributed by atoms with Gasteiger partial charge in [-0.1, -0.05) is 48.5 Å². The van der Waals surface area contributed by atoms with E-state index in [1.165, 1.54) is 12.5 Å². The Hall–Kier alpha value is -6.19. The van der Waals surface area contributed by atoms with E-state index in [4.69, 9.17) is 11.5 Å². The maximum absolute atomic E-state index is 14.0. The van der Waals surface area contributed by atoms with Gasteiger partial charge < -0.3 is 48.0 Å². The number of guanidine groups is 1. The smallest absolute Gasteiger partial charge is 0.243 e. The van der Waals surface area contributed by atoms with Gasteiger partial charge in [0.05, 0.1) is 6.33 Å². The Morgan fingerprint density at radius 3 is 2.14 bits per heavy atom. The molecule has 0 aliphatic carbocycles. The normalized spacial score (nSPS) is 20.8. The number of imidazole rings is 1. The molecule has 1 fully saturated rings. The number of hydrogen-bond acceptors (Lipinski definition) is 7. The summed E-state index contributed by atoms with van der Waals surface area (Å²) in [5.74, 6) is -2.99. The molecule has 0 spiro atoms. The van der Waals surface area contributed by atoms with E-state index in [9.17, 15) is 24.0 Å². The van der Waals surface area contributed by atoms with Crippen LogP contribution in [0.1, 0.15) is 36.1 Å². The quantitative estimate of drug-likeness (QED) is 0.0588. The number of amides is 5. The van der Waals surface area contributed by atoms with Crippen molar-refractivity contribution in [1.29, 1.82) is 0 Å². The predicted molar refractivity (Wildman–Crippen MR) is 190 cm³/mol. The lowest BCUT2D eigenvalue weighted by Gasteiger charge is -2.27. The molecule has 0 saturated carbocycles. The van der Waals surface area contributed by atoms with Crippen molar-refractivity contribution in [1.82, 2.24) is 41.5 Å². The number of carbonyl (C=O) groups is 5. The van der Waals surface area contributed by atoms with Crippen LogP contribution in [0.2, 0.25) is 0 Å². The number of fused-ring (bicyclic) bond motifs is 1. The molecule has 2 aromatic carbocycles. The van der Waals surface area contributed by atoms with E-state index in [0.29, 0.717) is 12.1 Å². The van der Waals surface area contributed by atoms with Crippen molar-refractivity contribution in [2.24, 2.45) is 16.5 Å². The summed E-state index contributed by atoms with van der Waals surface area (Å²) in [5.41, 5.74) is 14.0. The zero-order valence-corrected chi connectivity index (χ0v) is 28.0. The third kappa shape index (κ3) is 10.4. The second-order valence-electron chi connectivity index (χ2n) is 12.3. The Morgan fingerprint density at radius 1 is 0.745 bits per heavy atom. The summed E-state index contributed by atoms with van der Waals surface area (Å²) >= 11 is 0. The minimum absolute atomic E-state index is 0.0569. The predicted octanol–water partition coefficient (Wildman–Crippen LogP) is -0.568. The van der Waals surface area contributed by atoms with Crippen molar-refractivity contribution in [2.45, 2.75) is 62.7 Å². The van der Waals surface area contributed by atoms with Gasteiger partial charge in [0.15, 0.2) is 5.96 Å². The van der Waals surface area contributed by atoms with Gasteiger partial charge in [0.25, 0.3) is 0 Å². The topological polar surface area (TPSA) is 254 Å². The maximum Gasteiger partial charge on any atom is 0.243 e. The van der Waals surface area contributed by atoms with E-state index in [-0.39, 0.29) is 51.2 Å². The molecular formula is C35H43N11O5. The highest BCUT2D eigenvalue weighted by Gasteiger charge is 2.32. The molecule has 3 heterocycles. The van der Waals surface area contributed by atoms with Crippen LogP contribution >= 0.6 is 0 Å². The number of rotatable bonds is 10. The summed E-state index contributed by atoms with van der Waals surface area (Å²) in [6, 6.07) is 12.3. The van der Waals surface area contributed by atoms with Crippen molar-refractivity contribution in [2.75, 3.05) is 13.1 Å². The molecule has 11 N–H and O–H groups in total. The second kappa shape index (κ2) is 17.5. The standard InChI is InChI=1S/C35H43N11O5/c36-35(37)40-13-6-11-26-32(49)46-28(16-22-18-41-25-10-5-4-9-24(22)25)31(48)39-14-12-30(47)43-29(17-23-19-38-20-42-23)34(51)45-27(33(50)44-26)15-21-7-2-1-3-8-21/h1-5,7-10,18-20,26-29,41H,6,11-17H2,(H,38,42)(H,39,48)(H,43,47)(H,44,50)(H,45,51)(H,46,49)(H4,36,37,40). The summed E-state index contributed by atoms with van der Waals surface area (Å²) in [7, 11) is 0. The minimum Gasteiger partial charge on any atom is -0.370 e. The first-order chi connectivity index (χ1) is 24.7. The molecule has 1 aliphatic rings. The SMILES string of the molecule is NC(N)=NCCCC1NC(=O)C(Cc2ccccc2)NC(=O)C(Cc2cnc[nH]2)NC(=O)CCNC(=O)C(Cc2c[nH]c3ccccc23)NC1=O. The average molecular weight is 698 g/mol. The third-order valence-corrected chi connectivity index (χ3v) is 8.51. The number of nitrogens with zero attached hydrogens (tertiary/aromatic N) is 2. The fraction of sp³-hybridized carbons (Fsp3) is 0.343. The molecule has 1 saturated heterocycles. The van der Waals surface area contributed by atoms with Crippen molar-refractivity contribution >= 4 is 46.4 Å². The highest BCUT2D eigenvalue weighted by molar-refractivity contribution is 5.96. The van der Waals surface area contributed by atoms with Crippen molar-refractivity contribution < 1.29 is 24.0 Å². The average Bonchev–Trinajstić information content (AvgIpc) is 3.78. The molecule has 5 rings (SSSR count). The lowest BCUT2D eigenvalue weighted by molar-refractivity contribution is -0.135. The van der Waals surface area contributed by atoms with Gasteiger partial charge in [0.2, 0.25) is 29.5 Å². The number of para-hydroxylation sites is 1. The van der Waals surface area contributed by atoms with E-state index >= 15 is 0 Å². The highest BCUT2D eigenvalue weighted by Crippen LogP contribution is 2.19. The van der Waals surface area contributed by atoms with E-state index in [1.54, 1.807) is 6.20 Å². The molecule has 2 aromatic heterocycles. The number of carbonyl (C=O) groups excluding carboxylic acids is 5. The number of aromatic amines is 2. The Kier molecular flexibility index (Phi) is 12.4. The van der Waals surface area contributed by atoms with Crippen LogP contribution in [0.3, 0.4) is 0 Å². The maximum atomic E-state index is 14.0. The third-order valence-electron chi connectivity index (χ3n) is 8.51. The van der Waals surface area contributed by atoms with Crippen LogP contribution in [-0.2, 0) is 43.2 Å². The summed E-state index contributed by atoms with van der Waals surface area (Å²) < 4.78 is 0. The minimum atomic E-state index is -1.13. The Morgan fingerprint density at radius 2 is 1.41 bits per heavy atom. The molecule has 268 valence electrons. The lowest BCUT2D eigenvalue weighted by Crippen LogP contribution is -2.59. The van der Waals surface area contributed by atoms with Crippen LogP contribution in [0, 0.1) is 0 Å². The van der Waals surface area contributed by atoms with Gasteiger partial charge in [-0.05, 0) is 30.0 Å². The van der Waals surface area contributed by atoms with Crippen LogP contribution in [0.25, 0.3) is 10.9 Å². The number of nitrogens with one attached hydrogen (secondary N) is 7.